The Kier molecular flexibility index (Phi) is 4.51. The number of benzene rings is 2. The molecule has 1 atom stereocenters. The molecule has 5 heteroatoms. The van der Waals surface area contributed by atoms with Gasteiger partial charge in [0, 0.05) is 17.8 Å². The number of fused-ring (bicyclic) bond motifs is 1. The van der Waals surface area contributed by atoms with E-state index in [1.807, 2.05) is 36.4 Å². The molecule has 0 saturated heterocycles. The Hall–Kier alpha value is -2.82. The Morgan fingerprint density at radius 1 is 1.12 bits per heavy atom. The molecule has 1 heterocycles. The number of para-hydroxylation sites is 1. The zero-order valence-corrected chi connectivity index (χ0v) is 13.6. The Bertz CT molecular complexity index is 758. The predicted molar refractivity (Wildman–Crippen MR) is 92.2 cm³/mol. The number of nitrogens with two attached hydrogens (primary N) is 1. The lowest BCUT2D eigenvalue weighted by Gasteiger charge is -2.32. The van der Waals surface area contributed by atoms with Crippen LogP contribution in [0.2, 0.25) is 0 Å². The fourth-order valence-electron chi connectivity index (χ4n) is 3.06. The lowest BCUT2D eigenvalue weighted by atomic mass is 9.95. The van der Waals surface area contributed by atoms with Crippen LogP contribution >= 0.6 is 0 Å². The molecular weight excluding hydrogens is 304 g/mol. The van der Waals surface area contributed by atoms with Gasteiger partial charge in [0.1, 0.15) is 5.75 Å². The smallest absolute Gasteiger partial charge is 0.267 e. The molecule has 2 N–H and O–H groups in total. The predicted octanol–water partition coefficient (Wildman–Crippen LogP) is 2.53. The number of rotatable bonds is 4. The summed E-state index contributed by atoms with van der Waals surface area (Å²) < 4.78 is 5.74. The summed E-state index contributed by atoms with van der Waals surface area (Å²) in [6.07, 6.45) is 0.920. The molecule has 24 heavy (non-hydrogen) atoms. The fraction of sp³-hybridized carbons (Fsp3) is 0.263. The van der Waals surface area contributed by atoms with Crippen molar-refractivity contribution in [3.05, 3.63) is 59.7 Å². The van der Waals surface area contributed by atoms with E-state index < -0.39 is 12.0 Å². The van der Waals surface area contributed by atoms with E-state index in [-0.39, 0.29) is 5.91 Å². The van der Waals surface area contributed by atoms with Crippen LogP contribution in [-0.4, -0.2) is 24.5 Å². The van der Waals surface area contributed by atoms with Crippen LogP contribution in [-0.2, 0) is 11.2 Å². The zero-order chi connectivity index (χ0) is 17.1. The van der Waals surface area contributed by atoms with Crippen molar-refractivity contribution in [3.8, 4) is 5.75 Å². The number of hydrogen-bond acceptors (Lipinski definition) is 3. The van der Waals surface area contributed by atoms with E-state index in [1.54, 1.807) is 24.0 Å². The number of nitrogens with zero attached hydrogens (tertiary/aromatic N) is 1. The number of amides is 2. The molecular formula is C19H20N2O3. The van der Waals surface area contributed by atoms with Gasteiger partial charge >= 0.3 is 0 Å². The van der Waals surface area contributed by atoms with Gasteiger partial charge in [-0.3, -0.25) is 9.59 Å². The Morgan fingerprint density at radius 2 is 1.88 bits per heavy atom. The number of hydrogen-bond donors (Lipinski definition) is 1. The molecule has 2 aromatic rings. The minimum absolute atomic E-state index is 0.124. The Balaban J connectivity index is 1.85. The van der Waals surface area contributed by atoms with Crippen LogP contribution < -0.4 is 15.4 Å². The molecule has 1 aliphatic rings. The maximum absolute atomic E-state index is 12.8. The highest BCUT2D eigenvalue weighted by atomic mass is 16.5. The first-order valence-corrected chi connectivity index (χ1v) is 8.02. The lowest BCUT2D eigenvalue weighted by molar-refractivity contribution is -0.124. The van der Waals surface area contributed by atoms with Gasteiger partial charge in [0.05, 0.1) is 0 Å². The normalized spacial score (nSPS) is 14.6. The third-order valence-corrected chi connectivity index (χ3v) is 4.19. The summed E-state index contributed by atoms with van der Waals surface area (Å²) in [6, 6.07) is 14.6. The van der Waals surface area contributed by atoms with E-state index in [0.717, 1.165) is 24.1 Å². The SMILES string of the molecule is CC(Oc1ccccc1)C(=O)N1CCCc2c(C(N)=O)cccc21. The average molecular weight is 324 g/mol. The van der Waals surface area contributed by atoms with Gasteiger partial charge in [0.2, 0.25) is 5.91 Å². The standard InChI is InChI=1S/C19H20N2O3/c1-13(24-14-7-3-2-4-8-14)19(23)21-12-6-10-15-16(18(20)22)9-5-11-17(15)21/h2-5,7-9,11,13H,6,10,12H2,1H3,(H2,20,22). The second kappa shape index (κ2) is 6.74. The molecule has 5 nitrogen and oxygen atoms in total. The van der Waals surface area contributed by atoms with E-state index in [9.17, 15) is 9.59 Å². The number of carbonyl (C=O) groups excluding carboxylic acids is 2. The van der Waals surface area contributed by atoms with E-state index >= 15 is 0 Å². The highest BCUT2D eigenvalue weighted by molar-refractivity contribution is 6.01. The molecule has 0 aromatic heterocycles. The third kappa shape index (κ3) is 3.11. The third-order valence-electron chi connectivity index (χ3n) is 4.19. The second-order valence-electron chi connectivity index (χ2n) is 5.83. The molecule has 0 aliphatic carbocycles. The highest BCUT2D eigenvalue weighted by Crippen LogP contribution is 2.30. The zero-order valence-electron chi connectivity index (χ0n) is 13.6. The van der Waals surface area contributed by atoms with Crippen LogP contribution in [0.3, 0.4) is 0 Å². The molecule has 1 unspecified atom stereocenters. The molecule has 0 radical (unpaired) electrons. The number of anilines is 1. The number of ether oxygens (including phenoxy) is 1. The van der Waals surface area contributed by atoms with Gasteiger partial charge < -0.3 is 15.4 Å². The van der Waals surface area contributed by atoms with Crippen LogP contribution in [0.4, 0.5) is 5.69 Å². The molecule has 0 spiro atoms. The second-order valence-corrected chi connectivity index (χ2v) is 5.83. The van der Waals surface area contributed by atoms with Gasteiger partial charge in [0.25, 0.3) is 5.91 Å². The van der Waals surface area contributed by atoms with Crippen LogP contribution in [0.1, 0.15) is 29.3 Å². The molecule has 3 rings (SSSR count). The molecule has 0 fully saturated rings. The number of primary amides is 1. The molecule has 1 aliphatic heterocycles. The average Bonchev–Trinajstić information content (AvgIpc) is 2.60. The van der Waals surface area contributed by atoms with Crippen molar-refractivity contribution in [1.29, 1.82) is 0 Å². The summed E-state index contributed by atoms with van der Waals surface area (Å²) in [5.41, 5.74) is 7.54. The Labute approximate surface area is 141 Å². The van der Waals surface area contributed by atoms with Crippen molar-refractivity contribution < 1.29 is 14.3 Å². The fourth-order valence-corrected chi connectivity index (χ4v) is 3.06. The molecule has 124 valence electrons. The summed E-state index contributed by atoms with van der Waals surface area (Å²) in [5, 5.41) is 0. The van der Waals surface area contributed by atoms with Gasteiger partial charge in [-0.2, -0.15) is 0 Å². The highest BCUT2D eigenvalue weighted by Gasteiger charge is 2.29. The first kappa shape index (κ1) is 16.1. The topological polar surface area (TPSA) is 72.6 Å². The van der Waals surface area contributed by atoms with Crippen LogP contribution in [0, 0.1) is 0 Å². The summed E-state index contributed by atoms with van der Waals surface area (Å²) in [4.78, 5) is 26.1. The summed E-state index contributed by atoms with van der Waals surface area (Å²) in [5.74, 6) is 0.0672. The van der Waals surface area contributed by atoms with Gasteiger partial charge in [-0.25, -0.2) is 0 Å². The van der Waals surface area contributed by atoms with Crippen LogP contribution in [0.5, 0.6) is 5.75 Å². The van der Waals surface area contributed by atoms with Gasteiger partial charge in [-0.15, -0.1) is 0 Å². The van der Waals surface area contributed by atoms with E-state index in [0.29, 0.717) is 17.9 Å². The monoisotopic (exact) mass is 324 g/mol. The van der Waals surface area contributed by atoms with Gasteiger partial charge in [-0.1, -0.05) is 24.3 Å². The van der Waals surface area contributed by atoms with Crippen molar-refractivity contribution in [2.75, 3.05) is 11.4 Å². The minimum Gasteiger partial charge on any atom is -0.481 e. The quantitative estimate of drug-likeness (QED) is 0.939. The molecule has 2 aromatic carbocycles. The van der Waals surface area contributed by atoms with Crippen LogP contribution in [0.15, 0.2) is 48.5 Å². The maximum atomic E-state index is 12.8. The Morgan fingerprint density at radius 3 is 2.58 bits per heavy atom. The maximum Gasteiger partial charge on any atom is 0.267 e. The molecule has 0 bridgehead atoms. The van der Waals surface area contributed by atoms with E-state index in [4.69, 9.17) is 10.5 Å². The largest absolute Gasteiger partial charge is 0.481 e. The number of carbonyl (C=O) groups is 2. The lowest BCUT2D eigenvalue weighted by Crippen LogP contribution is -2.43. The van der Waals surface area contributed by atoms with Crippen molar-refractivity contribution in [3.63, 3.8) is 0 Å². The first-order chi connectivity index (χ1) is 11.6. The summed E-state index contributed by atoms with van der Waals surface area (Å²) in [6.45, 7) is 2.35. The van der Waals surface area contributed by atoms with Crippen molar-refractivity contribution >= 4 is 17.5 Å². The van der Waals surface area contributed by atoms with Crippen molar-refractivity contribution in [1.82, 2.24) is 0 Å². The molecule has 2 amide bonds. The van der Waals surface area contributed by atoms with Gasteiger partial charge in [-0.05, 0) is 49.6 Å². The molecule has 0 saturated carbocycles. The first-order valence-electron chi connectivity index (χ1n) is 8.02. The van der Waals surface area contributed by atoms with Gasteiger partial charge in [0.15, 0.2) is 6.10 Å². The van der Waals surface area contributed by atoms with E-state index in [2.05, 4.69) is 0 Å². The minimum atomic E-state index is -0.615. The summed E-state index contributed by atoms with van der Waals surface area (Å²) in [7, 11) is 0. The van der Waals surface area contributed by atoms with E-state index in [1.165, 1.54) is 0 Å². The van der Waals surface area contributed by atoms with Crippen molar-refractivity contribution in [2.45, 2.75) is 25.9 Å². The summed E-state index contributed by atoms with van der Waals surface area (Å²) >= 11 is 0. The van der Waals surface area contributed by atoms with Crippen LogP contribution in [0.25, 0.3) is 0 Å². The van der Waals surface area contributed by atoms with Crippen molar-refractivity contribution in [2.24, 2.45) is 5.73 Å².